The molecule has 0 bridgehead atoms. The van der Waals surface area contributed by atoms with Gasteiger partial charge >= 0.3 is 12.3 Å². The number of amides is 2. The number of alkyl halides is 3. The number of aldehydes is 1. The second-order valence-corrected chi connectivity index (χ2v) is 6.28. The number of nitrogens with zero attached hydrogens (tertiary/aromatic N) is 4. The molecule has 0 aliphatic carbocycles. The highest BCUT2D eigenvalue weighted by Crippen LogP contribution is 2.17. The Labute approximate surface area is 155 Å². The van der Waals surface area contributed by atoms with E-state index in [0.29, 0.717) is 11.5 Å². The number of hydrogen-bond acceptors (Lipinski definition) is 7. The third-order valence-electron chi connectivity index (χ3n) is 4.12. The fourth-order valence-corrected chi connectivity index (χ4v) is 2.52. The molecule has 0 aromatic carbocycles. The summed E-state index contributed by atoms with van der Waals surface area (Å²) in [6.45, 7) is 2.33. The Morgan fingerprint density at radius 1 is 1.22 bits per heavy atom. The molecule has 0 aromatic heterocycles. The topological polar surface area (TPSA) is 85.4 Å². The van der Waals surface area contributed by atoms with Crippen LogP contribution < -0.4 is 5.32 Å². The van der Waals surface area contributed by atoms with Crippen molar-refractivity contribution in [1.82, 2.24) is 25.1 Å². The predicted molar refractivity (Wildman–Crippen MR) is 89.7 cm³/mol. The molecule has 1 atom stereocenters. The Kier molecular flexibility index (Phi) is 9.46. The zero-order chi connectivity index (χ0) is 20.4. The molecular formula is C15H26F3N5O4. The maximum atomic E-state index is 12.1. The summed E-state index contributed by atoms with van der Waals surface area (Å²) in [4.78, 5) is 41.1. The van der Waals surface area contributed by atoms with E-state index in [1.807, 2.05) is 7.05 Å². The SMILES string of the molecule is CN(C=O)OC(=O)N1CCN(CC(F)(F)F)CC1.CN1CCNCC1C=O. The lowest BCUT2D eigenvalue weighted by Gasteiger charge is -2.34. The molecule has 1 N–H and O–H groups in total. The van der Waals surface area contributed by atoms with E-state index in [1.54, 1.807) is 0 Å². The van der Waals surface area contributed by atoms with Gasteiger partial charge in [-0.2, -0.15) is 18.2 Å². The summed E-state index contributed by atoms with van der Waals surface area (Å²) in [6.07, 6.45) is -3.67. The van der Waals surface area contributed by atoms with Crippen molar-refractivity contribution in [2.75, 3.05) is 66.5 Å². The van der Waals surface area contributed by atoms with Gasteiger partial charge in [-0.15, -0.1) is 0 Å². The highest BCUT2D eigenvalue weighted by molar-refractivity contribution is 5.68. The average Bonchev–Trinajstić information content (AvgIpc) is 2.61. The minimum Gasteiger partial charge on any atom is -0.319 e. The van der Waals surface area contributed by atoms with E-state index in [2.05, 4.69) is 15.1 Å². The van der Waals surface area contributed by atoms with Crippen molar-refractivity contribution in [3.05, 3.63) is 0 Å². The molecule has 0 aromatic rings. The van der Waals surface area contributed by atoms with Gasteiger partial charge < -0.3 is 19.8 Å². The lowest BCUT2D eigenvalue weighted by Crippen LogP contribution is -2.51. The molecule has 0 radical (unpaired) electrons. The lowest BCUT2D eigenvalue weighted by molar-refractivity contribution is -0.153. The van der Waals surface area contributed by atoms with Crippen LogP contribution in [0.1, 0.15) is 0 Å². The van der Waals surface area contributed by atoms with Crippen molar-refractivity contribution in [3.8, 4) is 0 Å². The third-order valence-corrected chi connectivity index (χ3v) is 4.12. The number of piperazine rings is 2. The molecule has 0 saturated carbocycles. The van der Waals surface area contributed by atoms with Gasteiger partial charge in [-0.25, -0.2) is 4.79 Å². The summed E-state index contributed by atoms with van der Waals surface area (Å²) < 4.78 is 36.4. The first-order chi connectivity index (χ1) is 12.7. The molecule has 2 saturated heterocycles. The highest BCUT2D eigenvalue weighted by atomic mass is 19.4. The molecule has 2 rings (SSSR count). The summed E-state index contributed by atoms with van der Waals surface area (Å²) in [5.41, 5.74) is 0. The molecule has 1 unspecified atom stereocenters. The second-order valence-electron chi connectivity index (χ2n) is 6.28. The number of rotatable bonds is 4. The van der Waals surface area contributed by atoms with E-state index in [9.17, 15) is 27.6 Å². The van der Waals surface area contributed by atoms with E-state index in [4.69, 9.17) is 0 Å². The van der Waals surface area contributed by atoms with Crippen molar-refractivity contribution in [2.45, 2.75) is 12.2 Å². The molecule has 0 spiro atoms. The molecular weight excluding hydrogens is 371 g/mol. The molecule has 156 valence electrons. The molecule has 2 fully saturated rings. The van der Waals surface area contributed by atoms with Gasteiger partial charge in [-0.1, -0.05) is 0 Å². The Morgan fingerprint density at radius 3 is 2.30 bits per heavy atom. The molecule has 2 heterocycles. The zero-order valence-electron chi connectivity index (χ0n) is 15.4. The maximum Gasteiger partial charge on any atom is 0.434 e. The van der Waals surface area contributed by atoms with E-state index >= 15 is 0 Å². The number of carbonyl (C=O) groups is 3. The largest absolute Gasteiger partial charge is 0.434 e. The minimum absolute atomic E-state index is 0.0961. The van der Waals surface area contributed by atoms with Crippen LogP contribution in [0.15, 0.2) is 0 Å². The Bertz CT molecular complexity index is 487. The Hall–Kier alpha value is -1.92. The number of hydroxylamine groups is 2. The third kappa shape index (κ3) is 9.02. The fourth-order valence-electron chi connectivity index (χ4n) is 2.52. The van der Waals surface area contributed by atoms with Gasteiger partial charge in [-0.05, 0) is 7.05 Å². The standard InChI is InChI=1S/C9H14F3N3O3.C6H12N2O/c1-13(7-16)18-8(17)15-4-2-14(3-5-15)6-9(10,11)12;1-8-3-2-7-4-6(8)5-9/h7H,2-6H2,1H3;5-7H,2-4H2,1H3. The molecule has 12 heteroatoms. The normalized spacial score (nSPS) is 21.7. The van der Waals surface area contributed by atoms with E-state index < -0.39 is 18.8 Å². The number of nitrogens with one attached hydrogen (secondary N) is 1. The first kappa shape index (κ1) is 23.1. The van der Waals surface area contributed by atoms with Gasteiger partial charge in [0.15, 0.2) is 0 Å². The van der Waals surface area contributed by atoms with Gasteiger partial charge in [0.25, 0.3) is 0 Å². The summed E-state index contributed by atoms with van der Waals surface area (Å²) in [5.74, 6) is 0. The maximum absolute atomic E-state index is 12.1. The summed E-state index contributed by atoms with van der Waals surface area (Å²) in [5, 5.41) is 3.84. The summed E-state index contributed by atoms with van der Waals surface area (Å²) >= 11 is 0. The first-order valence-corrected chi connectivity index (χ1v) is 8.46. The first-order valence-electron chi connectivity index (χ1n) is 8.46. The van der Waals surface area contributed by atoms with E-state index in [0.717, 1.165) is 25.9 Å². The van der Waals surface area contributed by atoms with Crippen molar-refractivity contribution in [2.24, 2.45) is 0 Å². The Balaban J connectivity index is 0.000000337. The van der Waals surface area contributed by atoms with Gasteiger partial charge in [-0.3, -0.25) is 14.6 Å². The highest BCUT2D eigenvalue weighted by Gasteiger charge is 2.33. The number of carbonyl (C=O) groups excluding carboxylic acids is 3. The van der Waals surface area contributed by atoms with Crippen LogP contribution in [0.25, 0.3) is 0 Å². The van der Waals surface area contributed by atoms with Crippen molar-refractivity contribution in [3.63, 3.8) is 0 Å². The zero-order valence-corrected chi connectivity index (χ0v) is 15.4. The predicted octanol–water partition coefficient (Wildman–Crippen LogP) is -0.605. The van der Waals surface area contributed by atoms with Crippen molar-refractivity contribution < 1.29 is 32.4 Å². The minimum atomic E-state index is -4.24. The van der Waals surface area contributed by atoms with Crippen LogP contribution >= 0.6 is 0 Å². The van der Waals surface area contributed by atoms with Gasteiger partial charge in [0.05, 0.1) is 12.6 Å². The monoisotopic (exact) mass is 397 g/mol. The lowest BCUT2D eigenvalue weighted by atomic mass is 10.2. The smallest absolute Gasteiger partial charge is 0.319 e. The van der Waals surface area contributed by atoms with E-state index in [-0.39, 0.29) is 32.2 Å². The van der Waals surface area contributed by atoms with Gasteiger partial charge in [0.2, 0.25) is 6.41 Å². The number of hydrogen-bond donors (Lipinski definition) is 1. The van der Waals surface area contributed by atoms with E-state index in [1.165, 1.54) is 16.8 Å². The van der Waals surface area contributed by atoms with Crippen LogP contribution in [-0.2, 0) is 14.4 Å². The fraction of sp³-hybridized carbons (Fsp3) is 0.800. The van der Waals surface area contributed by atoms with Crippen LogP contribution in [0.4, 0.5) is 18.0 Å². The van der Waals surface area contributed by atoms with Crippen LogP contribution in [0, 0.1) is 0 Å². The molecule has 27 heavy (non-hydrogen) atoms. The summed E-state index contributed by atoms with van der Waals surface area (Å²) in [6, 6.07) is 0.0961. The van der Waals surface area contributed by atoms with Gasteiger partial charge in [0.1, 0.15) is 6.29 Å². The van der Waals surface area contributed by atoms with Crippen molar-refractivity contribution >= 4 is 18.8 Å². The molecule has 2 amide bonds. The molecule has 2 aliphatic rings. The average molecular weight is 397 g/mol. The number of halogens is 3. The van der Waals surface area contributed by atoms with Crippen molar-refractivity contribution in [1.29, 1.82) is 0 Å². The van der Waals surface area contributed by atoms with Crippen LogP contribution in [-0.4, -0.2) is 117 Å². The quantitative estimate of drug-likeness (QED) is 0.501. The number of likely N-dealkylation sites (N-methyl/N-ethyl adjacent to an activating group) is 1. The molecule has 9 nitrogen and oxygen atoms in total. The van der Waals surface area contributed by atoms with Crippen LogP contribution in [0.5, 0.6) is 0 Å². The van der Waals surface area contributed by atoms with Crippen LogP contribution in [0.3, 0.4) is 0 Å². The van der Waals surface area contributed by atoms with Gasteiger partial charge in [0, 0.05) is 52.9 Å². The summed E-state index contributed by atoms with van der Waals surface area (Å²) in [7, 11) is 3.23. The van der Waals surface area contributed by atoms with Crippen LogP contribution in [0.2, 0.25) is 0 Å². The Morgan fingerprint density at radius 2 is 1.85 bits per heavy atom. The molecule has 2 aliphatic heterocycles. The second kappa shape index (κ2) is 11.0.